The number of ether oxygens (including phenoxy) is 1. The Morgan fingerprint density at radius 3 is 2.52 bits per heavy atom. The van der Waals surface area contributed by atoms with Crippen molar-refractivity contribution in [2.45, 2.75) is 4.90 Å². The van der Waals surface area contributed by atoms with Crippen molar-refractivity contribution < 1.29 is 27.4 Å². The molecule has 0 amide bonds. The van der Waals surface area contributed by atoms with E-state index < -0.39 is 21.6 Å². The molecule has 1 N–H and O–H groups in total. The third-order valence-electron chi connectivity index (χ3n) is 2.61. The van der Waals surface area contributed by atoms with Crippen molar-refractivity contribution in [2.24, 2.45) is 0 Å². The largest absolute Gasteiger partial charge is 0.478 e. The lowest BCUT2D eigenvalue weighted by Gasteiger charge is -2.10. The lowest BCUT2D eigenvalue weighted by molar-refractivity contribution is 0.0696. The molecule has 0 saturated carbocycles. The number of carbonyl (C=O) groups is 1. The maximum atomic E-state index is 13.2. The number of carboxylic acid groups (broad SMARTS) is 1. The minimum Gasteiger partial charge on any atom is -0.478 e. The highest BCUT2D eigenvalue weighted by Crippen LogP contribution is 2.29. The van der Waals surface area contributed by atoms with Crippen LogP contribution >= 0.6 is 0 Å². The maximum absolute atomic E-state index is 13.2. The molecule has 7 heteroatoms. The van der Waals surface area contributed by atoms with Gasteiger partial charge in [-0.2, -0.15) is 0 Å². The van der Waals surface area contributed by atoms with E-state index >= 15 is 0 Å². The number of rotatable bonds is 4. The second-order valence-electron chi connectivity index (χ2n) is 4.30. The summed E-state index contributed by atoms with van der Waals surface area (Å²) in [5.74, 6) is -1.77. The molecule has 5 nitrogen and oxygen atoms in total. The number of sulfone groups is 1. The SMILES string of the molecule is CS(=O)(=O)c1cc(F)ccc1Oc1cccc(C(=O)O)c1. The van der Waals surface area contributed by atoms with Gasteiger partial charge in [0, 0.05) is 6.26 Å². The van der Waals surface area contributed by atoms with Crippen molar-refractivity contribution in [3.05, 3.63) is 53.8 Å². The lowest BCUT2D eigenvalue weighted by Crippen LogP contribution is -2.02. The Kier molecular flexibility index (Phi) is 3.95. The highest BCUT2D eigenvalue weighted by molar-refractivity contribution is 7.90. The zero-order valence-electron chi connectivity index (χ0n) is 10.9. The summed E-state index contributed by atoms with van der Waals surface area (Å²) >= 11 is 0. The van der Waals surface area contributed by atoms with E-state index in [1.807, 2.05) is 0 Å². The van der Waals surface area contributed by atoms with Crippen LogP contribution in [0.3, 0.4) is 0 Å². The number of benzene rings is 2. The Morgan fingerprint density at radius 2 is 1.90 bits per heavy atom. The summed E-state index contributed by atoms with van der Waals surface area (Å²) in [6.45, 7) is 0. The molecule has 2 aromatic rings. The van der Waals surface area contributed by atoms with Crippen LogP contribution in [-0.4, -0.2) is 25.7 Å². The van der Waals surface area contributed by atoms with E-state index in [2.05, 4.69) is 0 Å². The summed E-state index contributed by atoms with van der Waals surface area (Å²) in [6.07, 6.45) is 0.933. The fourth-order valence-corrected chi connectivity index (χ4v) is 2.48. The highest BCUT2D eigenvalue weighted by atomic mass is 32.2. The zero-order valence-corrected chi connectivity index (χ0v) is 11.7. The first-order valence-corrected chi connectivity index (χ1v) is 7.67. The molecule has 0 heterocycles. The summed E-state index contributed by atoms with van der Waals surface area (Å²) in [6, 6.07) is 8.65. The minimum atomic E-state index is -3.68. The second-order valence-corrected chi connectivity index (χ2v) is 6.28. The van der Waals surface area contributed by atoms with Crippen molar-refractivity contribution in [3.63, 3.8) is 0 Å². The van der Waals surface area contributed by atoms with Crippen LogP contribution in [-0.2, 0) is 9.84 Å². The molecule has 0 atom stereocenters. The quantitative estimate of drug-likeness (QED) is 0.939. The Morgan fingerprint density at radius 1 is 1.19 bits per heavy atom. The molecule has 0 fully saturated rings. The molecule has 110 valence electrons. The van der Waals surface area contributed by atoms with Crippen molar-refractivity contribution in [1.82, 2.24) is 0 Å². The van der Waals surface area contributed by atoms with Crippen LogP contribution in [0, 0.1) is 5.82 Å². The number of aromatic carboxylic acids is 1. The van der Waals surface area contributed by atoms with Gasteiger partial charge in [0.05, 0.1) is 5.56 Å². The topological polar surface area (TPSA) is 80.7 Å². The van der Waals surface area contributed by atoms with Gasteiger partial charge in [-0.05, 0) is 36.4 Å². The molecule has 2 rings (SSSR count). The normalized spacial score (nSPS) is 11.1. The standard InChI is InChI=1S/C14H11FO5S/c1-21(18,19)13-8-10(15)5-6-12(13)20-11-4-2-3-9(7-11)14(16)17/h2-8H,1H3,(H,16,17). The molecule has 0 aliphatic heterocycles. The van der Waals surface area contributed by atoms with E-state index in [0.29, 0.717) is 0 Å². The molecule has 0 unspecified atom stereocenters. The first kappa shape index (κ1) is 15.0. The van der Waals surface area contributed by atoms with Gasteiger partial charge in [0.1, 0.15) is 22.2 Å². The molecular formula is C14H11FO5S. The fraction of sp³-hybridized carbons (Fsp3) is 0.0714. The van der Waals surface area contributed by atoms with E-state index in [4.69, 9.17) is 9.84 Å². The van der Waals surface area contributed by atoms with Crippen molar-refractivity contribution in [1.29, 1.82) is 0 Å². The molecule has 0 aromatic heterocycles. The second kappa shape index (κ2) is 5.53. The minimum absolute atomic E-state index is 0.00415. The van der Waals surface area contributed by atoms with E-state index in [9.17, 15) is 17.6 Å². The van der Waals surface area contributed by atoms with Gasteiger partial charge in [-0.3, -0.25) is 0 Å². The molecule has 0 radical (unpaired) electrons. The average Bonchev–Trinajstić information content (AvgIpc) is 2.40. The first-order valence-electron chi connectivity index (χ1n) is 5.78. The summed E-state index contributed by atoms with van der Waals surface area (Å²) in [7, 11) is -3.68. The van der Waals surface area contributed by atoms with Gasteiger partial charge in [0.2, 0.25) is 0 Å². The van der Waals surface area contributed by atoms with Crippen LogP contribution in [0.1, 0.15) is 10.4 Å². The van der Waals surface area contributed by atoms with Gasteiger partial charge < -0.3 is 9.84 Å². The number of carboxylic acids is 1. The summed E-state index contributed by atoms with van der Waals surface area (Å²) in [5, 5.41) is 8.89. The smallest absolute Gasteiger partial charge is 0.335 e. The van der Waals surface area contributed by atoms with E-state index in [0.717, 1.165) is 18.4 Å². The zero-order chi connectivity index (χ0) is 15.6. The van der Waals surface area contributed by atoms with Gasteiger partial charge in [-0.25, -0.2) is 17.6 Å². The fourth-order valence-electron chi connectivity index (χ4n) is 1.68. The Bertz CT molecular complexity index is 799. The number of hydrogen-bond acceptors (Lipinski definition) is 4. The molecule has 0 aliphatic rings. The Balaban J connectivity index is 2.45. The maximum Gasteiger partial charge on any atom is 0.335 e. The predicted molar refractivity (Wildman–Crippen MR) is 73.0 cm³/mol. The molecule has 21 heavy (non-hydrogen) atoms. The van der Waals surface area contributed by atoms with E-state index in [-0.39, 0.29) is 22.0 Å². The van der Waals surface area contributed by atoms with Gasteiger partial charge >= 0.3 is 5.97 Å². The Hall–Kier alpha value is -2.41. The van der Waals surface area contributed by atoms with Crippen LogP contribution in [0.15, 0.2) is 47.4 Å². The third-order valence-corrected chi connectivity index (χ3v) is 3.73. The van der Waals surface area contributed by atoms with Crippen LogP contribution in [0.25, 0.3) is 0 Å². The molecule has 2 aromatic carbocycles. The van der Waals surface area contributed by atoms with Gasteiger partial charge in [0.15, 0.2) is 9.84 Å². The van der Waals surface area contributed by atoms with Gasteiger partial charge in [-0.1, -0.05) is 6.07 Å². The van der Waals surface area contributed by atoms with E-state index in [1.165, 1.54) is 30.3 Å². The van der Waals surface area contributed by atoms with Crippen molar-refractivity contribution >= 4 is 15.8 Å². The summed E-state index contributed by atoms with van der Waals surface area (Å²) < 4.78 is 41.8. The third kappa shape index (κ3) is 3.57. The summed E-state index contributed by atoms with van der Waals surface area (Å²) in [5.41, 5.74) is -0.00415. The predicted octanol–water partition coefficient (Wildman–Crippen LogP) is 2.72. The van der Waals surface area contributed by atoms with E-state index in [1.54, 1.807) is 0 Å². The van der Waals surface area contributed by atoms with Gasteiger partial charge in [0.25, 0.3) is 0 Å². The molecule has 0 bridgehead atoms. The van der Waals surface area contributed by atoms with Crippen LogP contribution in [0.2, 0.25) is 0 Å². The molecular weight excluding hydrogens is 299 g/mol. The average molecular weight is 310 g/mol. The molecule has 0 aliphatic carbocycles. The van der Waals surface area contributed by atoms with Crippen LogP contribution in [0.5, 0.6) is 11.5 Å². The lowest BCUT2D eigenvalue weighted by atomic mass is 10.2. The van der Waals surface area contributed by atoms with Crippen molar-refractivity contribution in [2.75, 3.05) is 6.26 Å². The summed E-state index contributed by atoms with van der Waals surface area (Å²) in [4.78, 5) is 10.6. The van der Waals surface area contributed by atoms with Crippen LogP contribution in [0.4, 0.5) is 4.39 Å². The van der Waals surface area contributed by atoms with Crippen molar-refractivity contribution in [3.8, 4) is 11.5 Å². The highest BCUT2D eigenvalue weighted by Gasteiger charge is 2.16. The van der Waals surface area contributed by atoms with Gasteiger partial charge in [-0.15, -0.1) is 0 Å². The molecule has 0 spiro atoms. The first-order chi connectivity index (χ1) is 9.77. The Labute approximate surface area is 120 Å². The monoisotopic (exact) mass is 310 g/mol. The number of halogens is 1. The van der Waals surface area contributed by atoms with Crippen LogP contribution < -0.4 is 4.74 Å². The number of hydrogen-bond donors (Lipinski definition) is 1. The molecule has 0 saturated heterocycles.